The third-order valence-electron chi connectivity index (χ3n) is 5.06. The highest BCUT2D eigenvalue weighted by molar-refractivity contribution is 7.99. The van der Waals surface area contributed by atoms with Crippen molar-refractivity contribution in [2.75, 3.05) is 12.4 Å². The first-order chi connectivity index (χ1) is 15.6. The van der Waals surface area contributed by atoms with Gasteiger partial charge in [-0.25, -0.2) is 4.79 Å². The Kier molecular flexibility index (Phi) is 8.02. The smallest absolute Gasteiger partial charge is 0.416 e. The number of alkyl halides is 3. The summed E-state index contributed by atoms with van der Waals surface area (Å²) >= 11 is 1.71. The molecule has 4 nitrogen and oxygen atoms in total. The van der Waals surface area contributed by atoms with Crippen LogP contribution >= 0.6 is 11.8 Å². The molecular formula is C25H24F3NO3S. The topological polar surface area (TPSA) is 59.4 Å². The number of carbonyl (C=O) groups is 1. The van der Waals surface area contributed by atoms with Crippen LogP contribution in [0.3, 0.4) is 0 Å². The summed E-state index contributed by atoms with van der Waals surface area (Å²) in [4.78, 5) is 16.3. The van der Waals surface area contributed by atoms with E-state index in [2.05, 4.69) is 4.98 Å². The van der Waals surface area contributed by atoms with Crippen LogP contribution in [0.15, 0.2) is 59.5 Å². The number of pyridine rings is 1. The normalized spacial score (nSPS) is 11.4. The van der Waals surface area contributed by atoms with E-state index in [4.69, 9.17) is 9.84 Å². The van der Waals surface area contributed by atoms with Crippen LogP contribution < -0.4 is 4.74 Å². The van der Waals surface area contributed by atoms with Gasteiger partial charge in [0.15, 0.2) is 6.61 Å². The zero-order chi connectivity index (χ0) is 24.0. The molecule has 1 aromatic heterocycles. The predicted octanol–water partition coefficient (Wildman–Crippen LogP) is 6.57. The number of benzene rings is 2. The molecule has 1 heterocycles. The number of hydrogen-bond acceptors (Lipinski definition) is 4. The largest absolute Gasteiger partial charge is 0.482 e. The molecule has 0 atom stereocenters. The molecule has 0 aliphatic carbocycles. The standard InChI is InChI=1S/C25H24F3NO3S/c1-16-14-21(10-12-23(16)32-15-24(30)31)33-13-3-4-18-7-11-22(29-17(18)2)19-5-8-20(9-6-19)25(26,27)28/h5-12,14H,3-4,13,15H2,1-2H3,(H,30,31). The van der Waals surface area contributed by atoms with Crippen LogP contribution in [0.5, 0.6) is 5.75 Å². The highest BCUT2D eigenvalue weighted by atomic mass is 32.2. The lowest BCUT2D eigenvalue weighted by molar-refractivity contribution is -0.139. The Labute approximate surface area is 194 Å². The van der Waals surface area contributed by atoms with Crippen molar-refractivity contribution in [1.29, 1.82) is 0 Å². The number of aliphatic carboxylic acids is 1. The van der Waals surface area contributed by atoms with Gasteiger partial charge in [0.1, 0.15) is 5.75 Å². The maximum absolute atomic E-state index is 12.7. The van der Waals surface area contributed by atoms with E-state index in [0.29, 0.717) is 17.0 Å². The molecule has 0 bridgehead atoms. The van der Waals surface area contributed by atoms with Crippen molar-refractivity contribution in [1.82, 2.24) is 4.98 Å². The zero-order valence-electron chi connectivity index (χ0n) is 18.3. The number of rotatable bonds is 9. The summed E-state index contributed by atoms with van der Waals surface area (Å²) in [5, 5.41) is 8.72. The zero-order valence-corrected chi connectivity index (χ0v) is 19.1. The Morgan fingerprint density at radius 3 is 2.39 bits per heavy atom. The molecule has 0 aliphatic rings. The lowest BCUT2D eigenvalue weighted by Gasteiger charge is -2.11. The van der Waals surface area contributed by atoms with Crippen molar-refractivity contribution >= 4 is 17.7 Å². The van der Waals surface area contributed by atoms with Crippen LogP contribution in [0, 0.1) is 13.8 Å². The maximum atomic E-state index is 12.7. The second kappa shape index (κ2) is 10.7. The van der Waals surface area contributed by atoms with E-state index in [0.717, 1.165) is 52.4 Å². The fourth-order valence-electron chi connectivity index (χ4n) is 3.31. The first-order valence-electron chi connectivity index (χ1n) is 10.4. The molecule has 3 aromatic rings. The summed E-state index contributed by atoms with van der Waals surface area (Å²) in [7, 11) is 0. The second-order valence-electron chi connectivity index (χ2n) is 7.58. The molecule has 1 N–H and O–H groups in total. The molecular weight excluding hydrogens is 451 g/mol. The SMILES string of the molecule is Cc1cc(SCCCc2ccc(-c3ccc(C(F)(F)F)cc3)nc2C)ccc1OCC(=O)O. The lowest BCUT2D eigenvalue weighted by Crippen LogP contribution is -2.09. The predicted molar refractivity (Wildman–Crippen MR) is 123 cm³/mol. The molecule has 0 aliphatic heterocycles. The van der Waals surface area contributed by atoms with Crippen molar-refractivity contribution in [2.24, 2.45) is 0 Å². The summed E-state index contributed by atoms with van der Waals surface area (Å²) < 4.78 is 43.5. The quantitative estimate of drug-likeness (QED) is 0.280. The molecule has 2 aromatic carbocycles. The van der Waals surface area contributed by atoms with Crippen LogP contribution in [-0.2, 0) is 17.4 Å². The lowest BCUT2D eigenvalue weighted by atomic mass is 10.0. The third kappa shape index (κ3) is 6.99. The van der Waals surface area contributed by atoms with Gasteiger partial charge in [0.05, 0.1) is 11.3 Å². The number of aromatic nitrogens is 1. The molecule has 0 radical (unpaired) electrons. The van der Waals surface area contributed by atoms with Gasteiger partial charge in [-0.15, -0.1) is 11.8 Å². The van der Waals surface area contributed by atoms with Gasteiger partial charge in [-0.1, -0.05) is 18.2 Å². The summed E-state index contributed by atoms with van der Waals surface area (Å²) in [5.41, 5.74) is 3.50. The number of halogens is 3. The van der Waals surface area contributed by atoms with Crippen molar-refractivity contribution < 1.29 is 27.8 Å². The Bertz CT molecular complexity index is 1110. The minimum absolute atomic E-state index is 0.363. The van der Waals surface area contributed by atoms with E-state index in [1.165, 1.54) is 12.1 Å². The number of carboxylic acid groups (broad SMARTS) is 1. The summed E-state index contributed by atoms with van der Waals surface area (Å²) in [5.74, 6) is 0.455. The maximum Gasteiger partial charge on any atom is 0.416 e. The van der Waals surface area contributed by atoms with Gasteiger partial charge in [0.25, 0.3) is 0 Å². The monoisotopic (exact) mass is 475 g/mol. The van der Waals surface area contributed by atoms with Gasteiger partial charge >= 0.3 is 12.1 Å². The van der Waals surface area contributed by atoms with Crippen molar-refractivity contribution in [2.45, 2.75) is 37.8 Å². The van der Waals surface area contributed by atoms with Crippen LogP contribution in [0.25, 0.3) is 11.3 Å². The van der Waals surface area contributed by atoms with E-state index >= 15 is 0 Å². The van der Waals surface area contributed by atoms with E-state index in [-0.39, 0.29) is 6.61 Å². The Morgan fingerprint density at radius 2 is 1.79 bits per heavy atom. The fraction of sp³-hybridized carbons (Fsp3) is 0.280. The van der Waals surface area contributed by atoms with Crippen LogP contribution in [0.1, 0.15) is 28.8 Å². The molecule has 3 rings (SSSR count). The summed E-state index contributed by atoms with van der Waals surface area (Å²) in [6.07, 6.45) is -2.57. The van der Waals surface area contributed by atoms with E-state index in [1.54, 1.807) is 17.8 Å². The number of carboxylic acids is 1. The number of hydrogen-bond donors (Lipinski definition) is 1. The third-order valence-corrected chi connectivity index (χ3v) is 6.14. The van der Waals surface area contributed by atoms with E-state index in [9.17, 15) is 18.0 Å². The van der Waals surface area contributed by atoms with Gasteiger partial charge in [-0.3, -0.25) is 4.98 Å². The van der Waals surface area contributed by atoms with Crippen LogP contribution in [0.4, 0.5) is 13.2 Å². The highest BCUT2D eigenvalue weighted by Crippen LogP contribution is 2.31. The van der Waals surface area contributed by atoms with E-state index in [1.807, 2.05) is 38.1 Å². The van der Waals surface area contributed by atoms with Gasteiger partial charge < -0.3 is 9.84 Å². The molecule has 0 amide bonds. The van der Waals surface area contributed by atoms with Gasteiger partial charge in [-0.2, -0.15) is 13.2 Å². The number of aryl methyl sites for hydroxylation is 3. The highest BCUT2D eigenvalue weighted by Gasteiger charge is 2.30. The molecule has 0 spiro atoms. The number of ether oxygens (including phenoxy) is 1. The number of thioether (sulfide) groups is 1. The Balaban J connectivity index is 1.53. The van der Waals surface area contributed by atoms with Gasteiger partial charge in [0, 0.05) is 16.2 Å². The van der Waals surface area contributed by atoms with E-state index < -0.39 is 17.7 Å². The summed E-state index contributed by atoms with van der Waals surface area (Å²) in [6, 6.07) is 14.6. The van der Waals surface area contributed by atoms with Gasteiger partial charge in [0.2, 0.25) is 0 Å². The first-order valence-corrected chi connectivity index (χ1v) is 11.3. The minimum Gasteiger partial charge on any atom is -0.482 e. The first kappa shape index (κ1) is 24.6. The summed E-state index contributed by atoms with van der Waals surface area (Å²) in [6.45, 7) is 3.43. The van der Waals surface area contributed by atoms with Crippen molar-refractivity contribution in [3.8, 4) is 17.0 Å². The minimum atomic E-state index is -4.35. The molecule has 174 valence electrons. The molecule has 33 heavy (non-hydrogen) atoms. The molecule has 0 saturated heterocycles. The molecule has 0 unspecified atom stereocenters. The van der Waals surface area contributed by atoms with Gasteiger partial charge in [-0.05, 0) is 80.0 Å². The number of nitrogens with zero attached hydrogens (tertiary/aromatic N) is 1. The molecule has 0 saturated carbocycles. The van der Waals surface area contributed by atoms with Crippen molar-refractivity contribution in [3.63, 3.8) is 0 Å². The average Bonchev–Trinajstić information content (AvgIpc) is 2.76. The molecule has 8 heteroatoms. The Hall–Kier alpha value is -3.00. The van der Waals surface area contributed by atoms with Crippen molar-refractivity contribution in [3.05, 3.63) is 77.0 Å². The fourth-order valence-corrected chi connectivity index (χ4v) is 4.26. The average molecular weight is 476 g/mol. The van der Waals surface area contributed by atoms with Crippen LogP contribution in [0.2, 0.25) is 0 Å². The molecule has 0 fully saturated rings. The Morgan fingerprint density at radius 1 is 1.06 bits per heavy atom. The van der Waals surface area contributed by atoms with Crippen LogP contribution in [-0.4, -0.2) is 28.4 Å². The second-order valence-corrected chi connectivity index (χ2v) is 8.75.